The summed E-state index contributed by atoms with van der Waals surface area (Å²) in [5.41, 5.74) is 3.79. The van der Waals surface area contributed by atoms with Gasteiger partial charge in [0.25, 0.3) is 5.91 Å². The Labute approximate surface area is 159 Å². The van der Waals surface area contributed by atoms with E-state index in [0.29, 0.717) is 33.0 Å². The lowest BCUT2D eigenvalue weighted by Crippen LogP contribution is -2.13. The highest BCUT2D eigenvalue weighted by molar-refractivity contribution is 6.34. The zero-order valence-electron chi connectivity index (χ0n) is 14.3. The first-order chi connectivity index (χ1) is 13.0. The normalized spacial score (nSPS) is 10.9. The molecule has 1 amide bonds. The molecule has 1 N–H and O–H groups in total. The van der Waals surface area contributed by atoms with Crippen LogP contribution in [0.15, 0.2) is 60.7 Å². The fraction of sp³-hybridized carbons (Fsp3) is 0.0500. The van der Waals surface area contributed by atoms with Crippen molar-refractivity contribution in [2.75, 3.05) is 5.32 Å². The molecule has 0 bridgehead atoms. The van der Waals surface area contributed by atoms with Crippen LogP contribution in [0.2, 0.25) is 5.02 Å². The monoisotopic (exact) mass is 380 g/mol. The summed E-state index contributed by atoms with van der Waals surface area (Å²) in [6, 6.07) is 16.3. The molecule has 0 unspecified atom stereocenters. The summed E-state index contributed by atoms with van der Waals surface area (Å²) in [5.74, 6) is -0.621. The van der Waals surface area contributed by atoms with Crippen LogP contribution in [0.1, 0.15) is 15.9 Å². The average molecular weight is 381 g/mol. The van der Waals surface area contributed by atoms with Crippen LogP contribution in [-0.2, 0) is 0 Å². The van der Waals surface area contributed by atoms with Crippen LogP contribution in [0, 0.1) is 12.7 Å². The minimum atomic E-state index is -0.323. The van der Waals surface area contributed by atoms with Gasteiger partial charge in [0.2, 0.25) is 0 Å². The fourth-order valence-corrected chi connectivity index (χ4v) is 2.95. The molecule has 0 saturated carbocycles. The van der Waals surface area contributed by atoms with E-state index in [1.807, 2.05) is 13.0 Å². The largest absolute Gasteiger partial charge is 0.322 e. The van der Waals surface area contributed by atoms with Gasteiger partial charge in [-0.25, -0.2) is 4.39 Å². The third-order valence-corrected chi connectivity index (χ3v) is 4.48. The third kappa shape index (κ3) is 3.39. The van der Waals surface area contributed by atoms with E-state index in [2.05, 4.69) is 15.5 Å². The molecule has 0 fully saturated rings. The Balaban J connectivity index is 1.68. The molecule has 0 aliphatic heterocycles. The quantitative estimate of drug-likeness (QED) is 0.556. The van der Waals surface area contributed by atoms with Gasteiger partial charge in [0.05, 0.1) is 16.3 Å². The van der Waals surface area contributed by atoms with Crippen LogP contribution >= 0.6 is 11.6 Å². The van der Waals surface area contributed by atoms with Gasteiger partial charge in [-0.05, 0) is 61.0 Å². The maximum atomic E-state index is 13.1. The van der Waals surface area contributed by atoms with Crippen molar-refractivity contribution in [3.8, 4) is 5.69 Å². The highest BCUT2D eigenvalue weighted by atomic mass is 35.5. The van der Waals surface area contributed by atoms with Gasteiger partial charge in [-0.2, -0.15) is 4.80 Å². The van der Waals surface area contributed by atoms with Gasteiger partial charge in [-0.3, -0.25) is 4.79 Å². The predicted molar refractivity (Wildman–Crippen MR) is 103 cm³/mol. The molecular weight excluding hydrogens is 367 g/mol. The van der Waals surface area contributed by atoms with Crippen molar-refractivity contribution in [2.45, 2.75) is 6.92 Å². The number of aromatic nitrogens is 3. The number of halogens is 2. The smallest absolute Gasteiger partial charge is 0.257 e. The van der Waals surface area contributed by atoms with Gasteiger partial charge in [0.15, 0.2) is 0 Å². The Bertz CT molecular complexity index is 1150. The number of hydrogen-bond donors (Lipinski definition) is 1. The van der Waals surface area contributed by atoms with Crippen LogP contribution in [-0.4, -0.2) is 20.9 Å². The number of rotatable bonds is 3. The minimum absolute atomic E-state index is 0.297. The van der Waals surface area contributed by atoms with Crippen molar-refractivity contribution in [1.29, 1.82) is 0 Å². The summed E-state index contributed by atoms with van der Waals surface area (Å²) >= 11 is 6.09. The van der Waals surface area contributed by atoms with Crippen LogP contribution in [0.4, 0.5) is 10.1 Å². The molecule has 0 aliphatic rings. The van der Waals surface area contributed by atoms with Crippen molar-refractivity contribution >= 4 is 34.2 Å². The van der Waals surface area contributed by atoms with E-state index in [-0.39, 0.29) is 11.7 Å². The van der Waals surface area contributed by atoms with Crippen molar-refractivity contribution in [3.63, 3.8) is 0 Å². The van der Waals surface area contributed by atoms with E-state index < -0.39 is 0 Å². The molecule has 3 aromatic carbocycles. The molecule has 0 spiro atoms. The van der Waals surface area contributed by atoms with Gasteiger partial charge >= 0.3 is 0 Å². The van der Waals surface area contributed by atoms with Gasteiger partial charge in [0.1, 0.15) is 16.9 Å². The Morgan fingerprint density at radius 3 is 2.41 bits per heavy atom. The van der Waals surface area contributed by atoms with Crippen LogP contribution in [0.25, 0.3) is 16.7 Å². The standard InChI is InChI=1S/C20H14ClFN4O/c1-12-10-18-19(25-26(24-18)14-8-6-13(22)7-9-14)11-17(12)23-20(27)15-4-2-3-5-16(15)21/h2-11H,1H3,(H,23,27). The second-order valence-corrected chi connectivity index (χ2v) is 6.46. The number of amides is 1. The van der Waals surface area contributed by atoms with Crippen molar-refractivity contribution < 1.29 is 9.18 Å². The number of carbonyl (C=O) groups excluding carboxylic acids is 1. The zero-order valence-corrected chi connectivity index (χ0v) is 15.0. The molecule has 27 heavy (non-hydrogen) atoms. The Morgan fingerprint density at radius 1 is 1.04 bits per heavy atom. The van der Waals surface area contributed by atoms with E-state index in [0.717, 1.165) is 5.56 Å². The topological polar surface area (TPSA) is 59.8 Å². The second kappa shape index (κ2) is 6.81. The molecule has 0 saturated heterocycles. The number of hydrogen-bond acceptors (Lipinski definition) is 3. The summed E-state index contributed by atoms with van der Waals surface area (Å²) in [6.07, 6.45) is 0. The van der Waals surface area contributed by atoms with Crippen molar-refractivity contribution in [3.05, 3.63) is 82.6 Å². The van der Waals surface area contributed by atoms with E-state index in [9.17, 15) is 9.18 Å². The van der Waals surface area contributed by atoms with Crippen LogP contribution in [0.5, 0.6) is 0 Å². The second-order valence-electron chi connectivity index (χ2n) is 6.06. The minimum Gasteiger partial charge on any atom is -0.322 e. The van der Waals surface area contributed by atoms with Gasteiger partial charge in [0, 0.05) is 5.69 Å². The lowest BCUT2D eigenvalue weighted by atomic mass is 10.1. The lowest BCUT2D eigenvalue weighted by molar-refractivity contribution is 0.102. The van der Waals surface area contributed by atoms with Gasteiger partial charge in [-0.1, -0.05) is 23.7 Å². The molecule has 7 heteroatoms. The number of anilines is 1. The van der Waals surface area contributed by atoms with E-state index in [1.54, 1.807) is 42.5 Å². The Morgan fingerprint density at radius 2 is 1.70 bits per heavy atom. The predicted octanol–water partition coefficient (Wildman–Crippen LogP) is 4.77. The maximum absolute atomic E-state index is 13.1. The summed E-state index contributed by atoms with van der Waals surface area (Å²) in [4.78, 5) is 13.9. The van der Waals surface area contributed by atoms with Crippen molar-refractivity contribution in [1.82, 2.24) is 15.0 Å². The first-order valence-corrected chi connectivity index (χ1v) is 8.58. The van der Waals surface area contributed by atoms with Crippen LogP contribution in [0.3, 0.4) is 0 Å². The molecule has 1 aromatic heterocycles. The number of nitrogens with one attached hydrogen (secondary N) is 1. The van der Waals surface area contributed by atoms with Crippen molar-refractivity contribution in [2.24, 2.45) is 0 Å². The molecule has 0 atom stereocenters. The van der Waals surface area contributed by atoms with Crippen LogP contribution < -0.4 is 5.32 Å². The summed E-state index contributed by atoms with van der Waals surface area (Å²) in [5, 5.41) is 12.1. The number of carbonyl (C=O) groups is 1. The summed E-state index contributed by atoms with van der Waals surface area (Å²) in [7, 11) is 0. The SMILES string of the molecule is Cc1cc2nn(-c3ccc(F)cc3)nc2cc1NC(=O)c1ccccc1Cl. The van der Waals surface area contributed by atoms with Gasteiger partial charge in [-0.15, -0.1) is 10.2 Å². The molecule has 0 aliphatic carbocycles. The first kappa shape index (κ1) is 17.2. The molecule has 0 radical (unpaired) electrons. The molecular formula is C20H14ClFN4O. The fourth-order valence-electron chi connectivity index (χ4n) is 2.73. The number of benzene rings is 3. The highest BCUT2D eigenvalue weighted by Crippen LogP contribution is 2.24. The number of nitrogens with zero attached hydrogens (tertiary/aromatic N) is 3. The maximum Gasteiger partial charge on any atom is 0.257 e. The molecule has 134 valence electrons. The highest BCUT2D eigenvalue weighted by Gasteiger charge is 2.13. The third-order valence-electron chi connectivity index (χ3n) is 4.15. The van der Waals surface area contributed by atoms with E-state index >= 15 is 0 Å². The molecule has 4 aromatic rings. The van der Waals surface area contributed by atoms with E-state index in [4.69, 9.17) is 11.6 Å². The van der Waals surface area contributed by atoms with Gasteiger partial charge < -0.3 is 5.32 Å². The number of aryl methyl sites for hydroxylation is 1. The summed E-state index contributed by atoms with van der Waals surface area (Å²) in [6.45, 7) is 1.87. The average Bonchev–Trinajstić information content (AvgIpc) is 3.05. The lowest BCUT2D eigenvalue weighted by Gasteiger charge is -2.09. The Hall–Kier alpha value is -3.25. The molecule has 5 nitrogen and oxygen atoms in total. The zero-order chi connectivity index (χ0) is 19.0. The number of fused-ring (bicyclic) bond motifs is 1. The Kier molecular flexibility index (Phi) is 4.33. The molecule has 1 heterocycles. The summed E-state index contributed by atoms with van der Waals surface area (Å²) < 4.78 is 13.1. The molecule has 4 rings (SSSR count). The first-order valence-electron chi connectivity index (χ1n) is 8.21. The van der Waals surface area contributed by atoms with E-state index in [1.165, 1.54) is 16.9 Å².